The molecule has 0 aliphatic carbocycles. The standard InChI is InChI=1S/C21H22N2O3/c1-4-13-26-19-12-9-17(14-20(19)25-6-3)15-22-23-21(24)18-10-7-16(5-2)8-11-18/h1,7-12,14-15H,5-6,13H2,2-3H3,(H,23,24)/b22-15-. The van der Waals surface area contributed by atoms with Crippen molar-refractivity contribution in [3.63, 3.8) is 0 Å². The minimum atomic E-state index is -0.261. The van der Waals surface area contributed by atoms with Gasteiger partial charge in [0.1, 0.15) is 6.61 Å². The number of nitrogens with zero attached hydrogens (tertiary/aromatic N) is 1. The van der Waals surface area contributed by atoms with Gasteiger partial charge in [-0.25, -0.2) is 5.43 Å². The molecule has 0 atom stereocenters. The van der Waals surface area contributed by atoms with Gasteiger partial charge in [-0.05, 0) is 54.8 Å². The molecule has 0 heterocycles. The fourth-order valence-corrected chi connectivity index (χ4v) is 2.23. The number of nitrogens with one attached hydrogen (secondary N) is 1. The lowest BCUT2D eigenvalue weighted by Crippen LogP contribution is -2.17. The van der Waals surface area contributed by atoms with E-state index in [1.165, 1.54) is 5.56 Å². The molecular formula is C21H22N2O3. The zero-order valence-corrected chi connectivity index (χ0v) is 15.0. The highest BCUT2D eigenvalue weighted by Crippen LogP contribution is 2.27. The van der Waals surface area contributed by atoms with Gasteiger partial charge in [-0.15, -0.1) is 6.42 Å². The number of hydrogen-bond donors (Lipinski definition) is 1. The van der Waals surface area contributed by atoms with Crippen LogP contribution >= 0.6 is 0 Å². The third-order valence-corrected chi connectivity index (χ3v) is 3.58. The predicted molar refractivity (Wildman–Crippen MR) is 103 cm³/mol. The number of ether oxygens (including phenoxy) is 2. The smallest absolute Gasteiger partial charge is 0.271 e. The van der Waals surface area contributed by atoms with Crippen LogP contribution in [0.1, 0.15) is 35.3 Å². The third kappa shape index (κ3) is 5.38. The van der Waals surface area contributed by atoms with E-state index in [2.05, 4.69) is 23.4 Å². The Bertz CT molecular complexity index is 805. The number of amides is 1. The van der Waals surface area contributed by atoms with Crippen molar-refractivity contribution in [2.24, 2.45) is 5.10 Å². The number of aryl methyl sites for hydroxylation is 1. The molecule has 0 spiro atoms. The van der Waals surface area contributed by atoms with Crippen molar-refractivity contribution in [2.45, 2.75) is 20.3 Å². The molecule has 0 bridgehead atoms. The first kappa shape index (κ1) is 19.1. The maximum absolute atomic E-state index is 12.1. The molecule has 0 saturated carbocycles. The van der Waals surface area contributed by atoms with Gasteiger partial charge in [-0.1, -0.05) is 25.0 Å². The van der Waals surface area contributed by atoms with Gasteiger partial charge in [0.25, 0.3) is 5.91 Å². The summed E-state index contributed by atoms with van der Waals surface area (Å²) in [4.78, 5) is 12.1. The minimum Gasteiger partial charge on any atom is -0.490 e. The Kier molecular flexibility index (Phi) is 7.26. The summed E-state index contributed by atoms with van der Waals surface area (Å²) in [5.41, 5.74) is 5.03. The lowest BCUT2D eigenvalue weighted by molar-refractivity contribution is 0.0955. The van der Waals surface area contributed by atoms with E-state index < -0.39 is 0 Å². The van der Waals surface area contributed by atoms with Crippen LogP contribution in [0, 0.1) is 12.3 Å². The van der Waals surface area contributed by atoms with E-state index in [0.29, 0.717) is 23.7 Å². The van der Waals surface area contributed by atoms with Crippen molar-refractivity contribution >= 4 is 12.1 Å². The van der Waals surface area contributed by atoms with Crippen LogP contribution in [-0.4, -0.2) is 25.3 Å². The monoisotopic (exact) mass is 350 g/mol. The van der Waals surface area contributed by atoms with Crippen molar-refractivity contribution in [2.75, 3.05) is 13.2 Å². The fraction of sp³-hybridized carbons (Fsp3) is 0.238. The van der Waals surface area contributed by atoms with Crippen LogP contribution in [0.4, 0.5) is 0 Å². The summed E-state index contributed by atoms with van der Waals surface area (Å²) in [5, 5.41) is 4.00. The van der Waals surface area contributed by atoms with Crippen LogP contribution in [0.3, 0.4) is 0 Å². The van der Waals surface area contributed by atoms with E-state index in [9.17, 15) is 4.79 Å². The summed E-state index contributed by atoms with van der Waals surface area (Å²) in [6.45, 7) is 4.62. The molecule has 134 valence electrons. The second-order valence-corrected chi connectivity index (χ2v) is 5.38. The van der Waals surface area contributed by atoms with Crippen LogP contribution in [0.5, 0.6) is 11.5 Å². The Morgan fingerprint density at radius 1 is 1.15 bits per heavy atom. The van der Waals surface area contributed by atoms with Gasteiger partial charge in [0.05, 0.1) is 12.8 Å². The molecule has 2 rings (SSSR count). The summed E-state index contributed by atoms with van der Waals surface area (Å²) in [5.74, 6) is 3.31. The number of terminal acetylenes is 1. The van der Waals surface area contributed by atoms with Gasteiger partial charge in [0, 0.05) is 5.56 Å². The molecule has 0 radical (unpaired) electrons. The van der Waals surface area contributed by atoms with Crippen LogP contribution in [-0.2, 0) is 6.42 Å². The molecule has 2 aromatic rings. The minimum absolute atomic E-state index is 0.167. The molecular weight excluding hydrogens is 328 g/mol. The fourth-order valence-electron chi connectivity index (χ4n) is 2.23. The number of carbonyl (C=O) groups excluding carboxylic acids is 1. The zero-order valence-electron chi connectivity index (χ0n) is 15.0. The first-order chi connectivity index (χ1) is 12.7. The number of benzene rings is 2. The van der Waals surface area contributed by atoms with E-state index in [0.717, 1.165) is 12.0 Å². The molecule has 0 unspecified atom stereocenters. The summed E-state index contributed by atoms with van der Waals surface area (Å²) < 4.78 is 11.0. The number of hydrogen-bond acceptors (Lipinski definition) is 4. The Morgan fingerprint density at radius 3 is 2.58 bits per heavy atom. The van der Waals surface area contributed by atoms with Gasteiger partial charge in [0.2, 0.25) is 0 Å². The molecule has 1 N–H and O–H groups in total. The molecule has 0 fully saturated rings. The molecule has 5 nitrogen and oxygen atoms in total. The first-order valence-electron chi connectivity index (χ1n) is 8.43. The Balaban J connectivity index is 2.03. The van der Waals surface area contributed by atoms with E-state index in [4.69, 9.17) is 15.9 Å². The number of carbonyl (C=O) groups is 1. The Hall–Kier alpha value is -3.26. The Labute approximate surface area is 154 Å². The molecule has 1 amide bonds. The molecule has 26 heavy (non-hydrogen) atoms. The van der Waals surface area contributed by atoms with Gasteiger partial charge in [-0.2, -0.15) is 5.10 Å². The van der Waals surface area contributed by atoms with E-state index in [1.54, 1.807) is 36.5 Å². The van der Waals surface area contributed by atoms with Crippen LogP contribution in [0.15, 0.2) is 47.6 Å². The summed E-state index contributed by atoms with van der Waals surface area (Å²) in [6.07, 6.45) is 7.69. The lowest BCUT2D eigenvalue weighted by Gasteiger charge is -2.10. The van der Waals surface area contributed by atoms with Gasteiger partial charge in [0.15, 0.2) is 11.5 Å². The molecule has 0 aliphatic rings. The van der Waals surface area contributed by atoms with Crippen LogP contribution in [0.2, 0.25) is 0 Å². The van der Waals surface area contributed by atoms with E-state index in [1.807, 2.05) is 19.1 Å². The number of hydrazone groups is 1. The second kappa shape index (κ2) is 9.90. The highest BCUT2D eigenvalue weighted by Gasteiger charge is 2.06. The molecule has 0 aromatic heterocycles. The van der Waals surface area contributed by atoms with Crippen LogP contribution < -0.4 is 14.9 Å². The maximum Gasteiger partial charge on any atom is 0.271 e. The summed E-state index contributed by atoms with van der Waals surface area (Å²) in [7, 11) is 0. The zero-order chi connectivity index (χ0) is 18.8. The highest BCUT2D eigenvalue weighted by atomic mass is 16.5. The first-order valence-corrected chi connectivity index (χ1v) is 8.43. The molecule has 2 aromatic carbocycles. The largest absolute Gasteiger partial charge is 0.490 e. The average molecular weight is 350 g/mol. The van der Waals surface area contributed by atoms with Crippen molar-refractivity contribution in [3.05, 3.63) is 59.2 Å². The van der Waals surface area contributed by atoms with E-state index in [-0.39, 0.29) is 12.5 Å². The van der Waals surface area contributed by atoms with Crippen molar-refractivity contribution < 1.29 is 14.3 Å². The third-order valence-electron chi connectivity index (χ3n) is 3.58. The maximum atomic E-state index is 12.1. The molecule has 0 saturated heterocycles. The highest BCUT2D eigenvalue weighted by molar-refractivity contribution is 5.94. The quantitative estimate of drug-likeness (QED) is 0.451. The Morgan fingerprint density at radius 2 is 1.92 bits per heavy atom. The van der Waals surface area contributed by atoms with Crippen molar-refractivity contribution in [3.8, 4) is 23.8 Å². The molecule has 0 aliphatic heterocycles. The van der Waals surface area contributed by atoms with Gasteiger partial charge >= 0.3 is 0 Å². The molecule has 5 heteroatoms. The SMILES string of the molecule is C#CCOc1ccc(/C=N\NC(=O)c2ccc(CC)cc2)cc1OCC. The van der Waals surface area contributed by atoms with Crippen LogP contribution in [0.25, 0.3) is 0 Å². The normalized spacial score (nSPS) is 10.3. The van der Waals surface area contributed by atoms with Gasteiger partial charge in [-0.3, -0.25) is 4.79 Å². The lowest BCUT2D eigenvalue weighted by atomic mass is 10.1. The average Bonchev–Trinajstić information content (AvgIpc) is 2.67. The predicted octanol–water partition coefficient (Wildman–Crippen LogP) is 3.42. The van der Waals surface area contributed by atoms with E-state index >= 15 is 0 Å². The van der Waals surface area contributed by atoms with Gasteiger partial charge < -0.3 is 9.47 Å². The summed E-state index contributed by atoms with van der Waals surface area (Å²) >= 11 is 0. The summed E-state index contributed by atoms with van der Waals surface area (Å²) in [6, 6.07) is 12.8. The van der Waals surface area contributed by atoms with Crippen molar-refractivity contribution in [1.82, 2.24) is 5.43 Å². The van der Waals surface area contributed by atoms with Crippen molar-refractivity contribution in [1.29, 1.82) is 0 Å². The second-order valence-electron chi connectivity index (χ2n) is 5.38. The number of rotatable bonds is 8. The topological polar surface area (TPSA) is 59.9 Å².